The lowest BCUT2D eigenvalue weighted by Crippen LogP contribution is -2.42. The molecule has 158 valence electrons. The van der Waals surface area contributed by atoms with Crippen LogP contribution in [0.2, 0.25) is 0 Å². The van der Waals surface area contributed by atoms with Gasteiger partial charge in [-0.25, -0.2) is 4.39 Å². The molecule has 0 bridgehead atoms. The fraction of sp³-hybridized carbons (Fsp3) is 0.429. The van der Waals surface area contributed by atoms with Crippen molar-refractivity contribution < 1.29 is 9.13 Å². The number of pyridine rings is 1. The standard InChI is InChI=1S/C21H28FN5O.HI/c1-23-21(25-10-13-27-11-3-2-4-12-27)26-15-17-7-8-20(19(22)14-17)28-18-6-5-9-24-16-18;/h5-9,14,16H,2-4,10-13,15H2,1H3,(H2,23,25,26);1H. The number of hydrogen-bond acceptors (Lipinski definition) is 4. The average Bonchev–Trinajstić information content (AvgIpc) is 2.74. The maximum atomic E-state index is 14.3. The number of nitrogens with one attached hydrogen (secondary N) is 2. The first-order valence-electron chi connectivity index (χ1n) is 9.78. The molecule has 0 aliphatic carbocycles. The predicted molar refractivity (Wildman–Crippen MR) is 125 cm³/mol. The Kier molecular flexibility index (Phi) is 10.1. The summed E-state index contributed by atoms with van der Waals surface area (Å²) in [6.45, 7) is 4.69. The Hall–Kier alpha value is -1.94. The van der Waals surface area contributed by atoms with Crippen LogP contribution in [0.25, 0.3) is 0 Å². The smallest absolute Gasteiger partial charge is 0.191 e. The zero-order chi connectivity index (χ0) is 19.6. The third kappa shape index (κ3) is 7.77. The lowest BCUT2D eigenvalue weighted by Gasteiger charge is -2.26. The van der Waals surface area contributed by atoms with Crippen LogP contribution in [0.3, 0.4) is 0 Å². The summed E-state index contributed by atoms with van der Waals surface area (Å²) >= 11 is 0. The van der Waals surface area contributed by atoms with Crippen molar-refractivity contribution in [2.75, 3.05) is 33.2 Å². The van der Waals surface area contributed by atoms with Crippen molar-refractivity contribution in [1.82, 2.24) is 20.5 Å². The summed E-state index contributed by atoms with van der Waals surface area (Å²) in [5.74, 6) is 0.996. The monoisotopic (exact) mass is 513 g/mol. The van der Waals surface area contributed by atoms with Crippen LogP contribution in [0, 0.1) is 5.82 Å². The summed E-state index contributed by atoms with van der Waals surface area (Å²) in [6.07, 6.45) is 7.12. The molecule has 6 nitrogen and oxygen atoms in total. The van der Waals surface area contributed by atoms with Gasteiger partial charge >= 0.3 is 0 Å². The van der Waals surface area contributed by atoms with Crippen molar-refractivity contribution in [2.24, 2.45) is 4.99 Å². The Morgan fingerprint density at radius 3 is 2.72 bits per heavy atom. The van der Waals surface area contributed by atoms with Gasteiger partial charge in [0.25, 0.3) is 0 Å². The minimum atomic E-state index is -0.406. The minimum absolute atomic E-state index is 0. The van der Waals surface area contributed by atoms with E-state index < -0.39 is 5.82 Å². The van der Waals surface area contributed by atoms with E-state index in [1.807, 2.05) is 6.07 Å². The largest absolute Gasteiger partial charge is 0.453 e. The van der Waals surface area contributed by atoms with Gasteiger partial charge in [-0.3, -0.25) is 9.98 Å². The van der Waals surface area contributed by atoms with Gasteiger partial charge in [0.15, 0.2) is 17.5 Å². The average molecular weight is 513 g/mol. The summed E-state index contributed by atoms with van der Waals surface area (Å²) in [5, 5.41) is 6.54. The number of piperidine rings is 1. The Bertz CT molecular complexity index is 769. The molecule has 3 rings (SSSR count). The van der Waals surface area contributed by atoms with Crippen molar-refractivity contribution >= 4 is 29.9 Å². The number of guanidine groups is 1. The van der Waals surface area contributed by atoms with E-state index in [9.17, 15) is 4.39 Å². The number of aromatic nitrogens is 1. The number of benzene rings is 1. The normalized spacial score (nSPS) is 14.8. The highest BCUT2D eigenvalue weighted by molar-refractivity contribution is 14.0. The third-order valence-electron chi connectivity index (χ3n) is 4.71. The van der Waals surface area contributed by atoms with Crippen LogP contribution in [0.15, 0.2) is 47.7 Å². The highest BCUT2D eigenvalue weighted by Crippen LogP contribution is 2.24. The van der Waals surface area contributed by atoms with Gasteiger partial charge in [0, 0.05) is 32.9 Å². The highest BCUT2D eigenvalue weighted by atomic mass is 127. The van der Waals surface area contributed by atoms with Crippen molar-refractivity contribution in [3.05, 3.63) is 54.1 Å². The number of halogens is 2. The summed E-state index contributed by atoms with van der Waals surface area (Å²) in [4.78, 5) is 10.7. The first kappa shape index (κ1) is 23.3. The SMILES string of the molecule is CN=C(NCCN1CCCCC1)NCc1ccc(Oc2cccnc2)c(F)c1.I. The molecule has 0 saturated carbocycles. The zero-order valence-electron chi connectivity index (χ0n) is 16.7. The van der Waals surface area contributed by atoms with Gasteiger partial charge in [0.1, 0.15) is 5.75 Å². The fourth-order valence-corrected chi connectivity index (χ4v) is 3.19. The summed E-state index contributed by atoms with van der Waals surface area (Å²) in [6, 6.07) is 8.42. The number of nitrogens with zero attached hydrogens (tertiary/aromatic N) is 3. The lowest BCUT2D eigenvalue weighted by atomic mass is 10.1. The van der Waals surface area contributed by atoms with Gasteiger partial charge in [0.05, 0.1) is 6.20 Å². The Labute approximate surface area is 189 Å². The molecule has 0 atom stereocenters. The van der Waals surface area contributed by atoms with E-state index >= 15 is 0 Å². The van der Waals surface area contributed by atoms with Crippen LogP contribution < -0.4 is 15.4 Å². The molecule has 1 aliphatic heterocycles. The van der Waals surface area contributed by atoms with Crippen molar-refractivity contribution in [1.29, 1.82) is 0 Å². The summed E-state index contributed by atoms with van der Waals surface area (Å²) in [5.41, 5.74) is 0.815. The van der Waals surface area contributed by atoms with Gasteiger partial charge in [-0.15, -0.1) is 24.0 Å². The van der Waals surface area contributed by atoms with Gasteiger partial charge in [-0.1, -0.05) is 12.5 Å². The van der Waals surface area contributed by atoms with Crippen molar-refractivity contribution in [3.8, 4) is 11.5 Å². The first-order chi connectivity index (χ1) is 13.7. The molecular formula is C21H29FIN5O. The molecule has 8 heteroatoms. The molecule has 1 aromatic heterocycles. The van der Waals surface area contributed by atoms with Crippen molar-refractivity contribution in [3.63, 3.8) is 0 Å². The molecule has 1 fully saturated rings. The van der Waals surface area contributed by atoms with Gasteiger partial charge in [-0.2, -0.15) is 0 Å². The van der Waals surface area contributed by atoms with E-state index in [-0.39, 0.29) is 29.7 Å². The molecule has 2 heterocycles. The summed E-state index contributed by atoms with van der Waals surface area (Å²) < 4.78 is 19.8. The molecule has 2 aromatic rings. The molecule has 1 saturated heterocycles. The van der Waals surface area contributed by atoms with Crippen LogP contribution in [0.5, 0.6) is 11.5 Å². The molecule has 29 heavy (non-hydrogen) atoms. The van der Waals surface area contributed by atoms with E-state index in [0.29, 0.717) is 18.3 Å². The Morgan fingerprint density at radius 2 is 2.03 bits per heavy atom. The van der Waals surface area contributed by atoms with E-state index in [0.717, 1.165) is 18.7 Å². The lowest BCUT2D eigenvalue weighted by molar-refractivity contribution is 0.232. The Balaban J connectivity index is 0.00000300. The third-order valence-corrected chi connectivity index (χ3v) is 4.71. The van der Waals surface area contributed by atoms with E-state index in [1.165, 1.54) is 38.4 Å². The highest BCUT2D eigenvalue weighted by Gasteiger charge is 2.10. The van der Waals surface area contributed by atoms with Crippen LogP contribution in [0.4, 0.5) is 4.39 Å². The number of ether oxygens (including phenoxy) is 1. The number of rotatable bonds is 7. The topological polar surface area (TPSA) is 61.8 Å². The molecule has 2 N–H and O–H groups in total. The molecule has 0 amide bonds. The molecule has 0 radical (unpaired) electrons. The minimum Gasteiger partial charge on any atom is -0.453 e. The van der Waals surface area contributed by atoms with Crippen LogP contribution >= 0.6 is 24.0 Å². The molecule has 1 aliphatic rings. The van der Waals surface area contributed by atoms with E-state index in [1.54, 1.807) is 37.6 Å². The van der Waals surface area contributed by atoms with Crippen molar-refractivity contribution in [2.45, 2.75) is 25.8 Å². The molecule has 0 spiro atoms. The molecular weight excluding hydrogens is 484 g/mol. The van der Waals surface area contributed by atoms with E-state index in [4.69, 9.17) is 4.74 Å². The predicted octanol–water partition coefficient (Wildman–Crippen LogP) is 3.78. The molecule has 1 aromatic carbocycles. The van der Waals surface area contributed by atoms with Gasteiger partial charge < -0.3 is 20.3 Å². The summed E-state index contributed by atoms with van der Waals surface area (Å²) in [7, 11) is 1.74. The van der Waals surface area contributed by atoms with E-state index in [2.05, 4.69) is 25.5 Å². The van der Waals surface area contributed by atoms with Crippen LogP contribution in [0.1, 0.15) is 24.8 Å². The quantitative estimate of drug-likeness (QED) is 0.335. The number of hydrogen-bond donors (Lipinski definition) is 2. The Morgan fingerprint density at radius 1 is 1.21 bits per heavy atom. The maximum Gasteiger partial charge on any atom is 0.191 e. The maximum absolute atomic E-state index is 14.3. The zero-order valence-corrected chi connectivity index (χ0v) is 19.1. The van der Waals surface area contributed by atoms with Gasteiger partial charge in [0.2, 0.25) is 0 Å². The van der Waals surface area contributed by atoms with Crippen LogP contribution in [-0.2, 0) is 6.54 Å². The number of likely N-dealkylation sites (tertiary alicyclic amines) is 1. The fourth-order valence-electron chi connectivity index (χ4n) is 3.19. The first-order valence-corrected chi connectivity index (χ1v) is 9.78. The second-order valence-electron chi connectivity index (χ2n) is 6.81. The van der Waals surface area contributed by atoms with Crippen LogP contribution in [-0.4, -0.2) is 49.1 Å². The number of aliphatic imine (C=N–C) groups is 1. The second-order valence-corrected chi connectivity index (χ2v) is 6.81. The molecule has 0 unspecified atom stereocenters. The second kappa shape index (κ2) is 12.6. The van der Waals surface area contributed by atoms with Gasteiger partial charge in [-0.05, 0) is 55.8 Å².